The molecule has 1 amide bonds. The fraction of sp³-hybridized carbons (Fsp3) is 0.818. The van der Waals surface area contributed by atoms with Gasteiger partial charge in [0.15, 0.2) is 9.84 Å². The van der Waals surface area contributed by atoms with Crippen molar-refractivity contribution in [2.45, 2.75) is 26.4 Å². The highest BCUT2D eigenvalue weighted by Gasteiger charge is 2.42. The molecule has 1 saturated heterocycles. The fourth-order valence-corrected chi connectivity index (χ4v) is 4.02. The lowest BCUT2D eigenvalue weighted by atomic mass is 9.96. The van der Waals surface area contributed by atoms with Gasteiger partial charge in [0.2, 0.25) is 0 Å². The molecular formula is C11H19NO6S. The van der Waals surface area contributed by atoms with Gasteiger partial charge in [0.1, 0.15) is 5.60 Å². The Bertz CT molecular complexity index is 464. The van der Waals surface area contributed by atoms with Crippen LogP contribution in [0.15, 0.2) is 0 Å². The second-order valence-electron chi connectivity index (χ2n) is 5.66. The van der Waals surface area contributed by atoms with Crippen molar-refractivity contribution in [3.05, 3.63) is 0 Å². The average Bonchev–Trinajstić information content (AvgIpc) is 2.48. The lowest BCUT2D eigenvalue weighted by Crippen LogP contribution is -2.38. The molecule has 0 spiro atoms. The Labute approximate surface area is 112 Å². The van der Waals surface area contributed by atoms with Crippen LogP contribution in [0.2, 0.25) is 0 Å². The highest BCUT2D eigenvalue weighted by Crippen LogP contribution is 2.25. The number of sulfone groups is 1. The molecular weight excluding hydrogens is 274 g/mol. The standard InChI is InChI=1S/C11H19NO6S/c1-11(2,3)18-10(15)12-4-7-5-19(16,17)6-8(7)9(13)14/h7-8H,4-6H2,1-3H3,(H,12,15)(H,13,14)/t7-,8-/m1/s1. The van der Waals surface area contributed by atoms with Crippen LogP contribution in [0.4, 0.5) is 4.79 Å². The molecule has 2 N–H and O–H groups in total. The molecule has 0 unspecified atom stereocenters. The number of carbonyl (C=O) groups excluding carboxylic acids is 1. The number of hydrogen-bond acceptors (Lipinski definition) is 5. The first-order chi connectivity index (χ1) is 8.50. The molecule has 110 valence electrons. The Balaban J connectivity index is 2.57. The van der Waals surface area contributed by atoms with E-state index in [9.17, 15) is 18.0 Å². The average molecular weight is 293 g/mol. The van der Waals surface area contributed by atoms with E-state index < -0.39 is 39.3 Å². The summed E-state index contributed by atoms with van der Waals surface area (Å²) in [6.45, 7) is 5.08. The highest BCUT2D eigenvalue weighted by molar-refractivity contribution is 7.91. The van der Waals surface area contributed by atoms with Crippen LogP contribution >= 0.6 is 0 Å². The van der Waals surface area contributed by atoms with Gasteiger partial charge in [-0.3, -0.25) is 4.79 Å². The monoisotopic (exact) mass is 293 g/mol. The Morgan fingerprint density at radius 1 is 1.32 bits per heavy atom. The second-order valence-corrected chi connectivity index (χ2v) is 7.82. The molecule has 1 heterocycles. The van der Waals surface area contributed by atoms with E-state index in [1.165, 1.54) is 0 Å². The molecule has 7 nitrogen and oxygen atoms in total. The van der Waals surface area contributed by atoms with Crippen LogP contribution in [0.3, 0.4) is 0 Å². The minimum absolute atomic E-state index is 0.0227. The number of carbonyl (C=O) groups is 2. The number of carboxylic acids is 1. The summed E-state index contributed by atoms with van der Waals surface area (Å²) >= 11 is 0. The first-order valence-corrected chi connectivity index (χ1v) is 7.72. The minimum atomic E-state index is -3.35. The largest absolute Gasteiger partial charge is 0.481 e. The molecule has 0 aromatic heterocycles. The lowest BCUT2D eigenvalue weighted by Gasteiger charge is -2.21. The third-order valence-electron chi connectivity index (χ3n) is 2.70. The van der Waals surface area contributed by atoms with Gasteiger partial charge >= 0.3 is 12.1 Å². The van der Waals surface area contributed by atoms with E-state index in [0.29, 0.717) is 0 Å². The van der Waals surface area contributed by atoms with Crippen molar-refractivity contribution in [1.29, 1.82) is 0 Å². The highest BCUT2D eigenvalue weighted by atomic mass is 32.2. The van der Waals surface area contributed by atoms with Crippen LogP contribution < -0.4 is 5.32 Å². The van der Waals surface area contributed by atoms with Crippen molar-refractivity contribution in [3.8, 4) is 0 Å². The predicted octanol–water partition coefficient (Wildman–Crippen LogP) is 0.257. The lowest BCUT2D eigenvalue weighted by molar-refractivity contribution is -0.142. The summed E-state index contributed by atoms with van der Waals surface area (Å²) in [6, 6.07) is 0. The summed E-state index contributed by atoms with van der Waals surface area (Å²) in [6.07, 6.45) is -0.680. The predicted molar refractivity (Wildman–Crippen MR) is 67.5 cm³/mol. The van der Waals surface area contributed by atoms with Crippen molar-refractivity contribution in [3.63, 3.8) is 0 Å². The quantitative estimate of drug-likeness (QED) is 0.772. The normalized spacial score (nSPS) is 25.8. The molecule has 2 atom stereocenters. The summed E-state index contributed by atoms with van der Waals surface area (Å²) < 4.78 is 27.8. The Morgan fingerprint density at radius 3 is 2.37 bits per heavy atom. The first-order valence-electron chi connectivity index (χ1n) is 5.90. The molecule has 0 aromatic rings. The van der Waals surface area contributed by atoms with Crippen LogP contribution in [-0.4, -0.2) is 49.2 Å². The van der Waals surface area contributed by atoms with E-state index in [4.69, 9.17) is 9.84 Å². The number of alkyl carbamates (subject to hydrolysis) is 1. The number of nitrogens with one attached hydrogen (secondary N) is 1. The van der Waals surface area contributed by atoms with Gasteiger partial charge in [0, 0.05) is 12.5 Å². The van der Waals surface area contributed by atoms with Crippen molar-refractivity contribution >= 4 is 21.9 Å². The molecule has 19 heavy (non-hydrogen) atoms. The molecule has 0 bridgehead atoms. The van der Waals surface area contributed by atoms with Gasteiger partial charge < -0.3 is 15.2 Å². The van der Waals surface area contributed by atoms with E-state index in [2.05, 4.69) is 5.32 Å². The molecule has 1 aliphatic heterocycles. The number of rotatable bonds is 3. The minimum Gasteiger partial charge on any atom is -0.481 e. The Morgan fingerprint density at radius 2 is 1.89 bits per heavy atom. The zero-order valence-corrected chi connectivity index (χ0v) is 12.0. The SMILES string of the molecule is CC(C)(C)OC(=O)NC[C@@H]1CS(=O)(=O)C[C@H]1C(=O)O. The van der Waals surface area contributed by atoms with Gasteiger partial charge in [0.05, 0.1) is 17.4 Å². The summed E-state index contributed by atoms with van der Waals surface area (Å²) in [5.41, 5.74) is -0.655. The summed E-state index contributed by atoms with van der Waals surface area (Å²) in [5.74, 6) is -3.34. The van der Waals surface area contributed by atoms with Gasteiger partial charge in [-0.25, -0.2) is 13.2 Å². The number of amides is 1. The summed E-state index contributed by atoms with van der Waals surface area (Å²) in [7, 11) is -3.35. The summed E-state index contributed by atoms with van der Waals surface area (Å²) in [5, 5.41) is 11.4. The van der Waals surface area contributed by atoms with Gasteiger partial charge in [0.25, 0.3) is 0 Å². The topological polar surface area (TPSA) is 110 Å². The van der Waals surface area contributed by atoms with Crippen molar-refractivity contribution in [2.24, 2.45) is 11.8 Å². The van der Waals surface area contributed by atoms with Crippen molar-refractivity contribution in [1.82, 2.24) is 5.32 Å². The molecule has 0 saturated carbocycles. The fourth-order valence-electron chi connectivity index (χ4n) is 1.92. The Hall–Kier alpha value is -1.31. The number of hydrogen-bond donors (Lipinski definition) is 2. The maximum atomic E-state index is 11.4. The van der Waals surface area contributed by atoms with Gasteiger partial charge in [-0.1, -0.05) is 0 Å². The first kappa shape index (κ1) is 15.7. The van der Waals surface area contributed by atoms with Gasteiger partial charge in [-0.05, 0) is 20.8 Å². The van der Waals surface area contributed by atoms with Crippen LogP contribution in [0.25, 0.3) is 0 Å². The van der Waals surface area contributed by atoms with E-state index in [0.717, 1.165) is 0 Å². The molecule has 1 rings (SSSR count). The molecule has 0 aliphatic carbocycles. The van der Waals surface area contributed by atoms with Crippen molar-refractivity contribution in [2.75, 3.05) is 18.1 Å². The maximum Gasteiger partial charge on any atom is 0.407 e. The third kappa shape index (κ3) is 5.06. The molecule has 8 heteroatoms. The van der Waals surface area contributed by atoms with E-state index in [1.807, 2.05) is 0 Å². The molecule has 1 aliphatic rings. The van der Waals surface area contributed by atoms with Crippen LogP contribution in [0.5, 0.6) is 0 Å². The Kier molecular flexibility index (Phi) is 4.44. The van der Waals surface area contributed by atoms with Gasteiger partial charge in [-0.15, -0.1) is 0 Å². The van der Waals surface area contributed by atoms with E-state index in [-0.39, 0.29) is 18.1 Å². The van der Waals surface area contributed by atoms with E-state index in [1.54, 1.807) is 20.8 Å². The number of aliphatic carboxylic acids is 1. The number of ether oxygens (including phenoxy) is 1. The zero-order chi connectivity index (χ0) is 14.8. The zero-order valence-electron chi connectivity index (χ0n) is 11.2. The second kappa shape index (κ2) is 5.36. The van der Waals surface area contributed by atoms with Crippen molar-refractivity contribution < 1.29 is 27.9 Å². The smallest absolute Gasteiger partial charge is 0.407 e. The molecule has 1 fully saturated rings. The summed E-state index contributed by atoms with van der Waals surface area (Å²) in [4.78, 5) is 22.4. The molecule has 0 radical (unpaired) electrons. The van der Waals surface area contributed by atoms with Gasteiger partial charge in [-0.2, -0.15) is 0 Å². The van der Waals surface area contributed by atoms with Crippen LogP contribution in [0, 0.1) is 11.8 Å². The number of carboxylic acid groups (broad SMARTS) is 1. The maximum absolute atomic E-state index is 11.4. The molecule has 0 aromatic carbocycles. The van der Waals surface area contributed by atoms with Crippen LogP contribution in [-0.2, 0) is 19.4 Å². The van der Waals surface area contributed by atoms with E-state index >= 15 is 0 Å². The van der Waals surface area contributed by atoms with Crippen LogP contribution in [0.1, 0.15) is 20.8 Å². The third-order valence-corrected chi connectivity index (χ3v) is 4.50.